The maximum Gasteiger partial charge on any atom is 0.412 e. The number of amides is 3. The third-order valence-electron chi connectivity index (χ3n) is 5.29. The number of carbonyl (C=O) groups excluding carboxylic acids is 3. The van der Waals surface area contributed by atoms with Crippen molar-refractivity contribution in [1.29, 1.82) is 0 Å². The van der Waals surface area contributed by atoms with Gasteiger partial charge in [-0.1, -0.05) is 12.1 Å². The Morgan fingerprint density at radius 2 is 1.79 bits per heavy atom. The van der Waals surface area contributed by atoms with Crippen LogP contribution < -0.4 is 10.6 Å². The molecule has 1 saturated heterocycles. The zero-order valence-corrected chi connectivity index (χ0v) is 19.7. The van der Waals surface area contributed by atoms with Crippen LogP contribution in [0.25, 0.3) is 0 Å². The smallest absolute Gasteiger partial charge is 0.412 e. The van der Waals surface area contributed by atoms with Crippen LogP contribution in [-0.4, -0.2) is 58.6 Å². The topological polar surface area (TPSA) is 115 Å². The number of likely N-dealkylation sites (tertiary alicyclic amines) is 1. The minimum atomic E-state index is -0.564. The largest absolute Gasteiger partial charge is 0.464 e. The summed E-state index contributed by atoms with van der Waals surface area (Å²) in [6.07, 6.45) is 1.09. The number of anilines is 2. The Hall–Kier alpha value is -3.56. The zero-order valence-electron chi connectivity index (χ0n) is 19.7. The van der Waals surface area contributed by atoms with Gasteiger partial charge in [0.25, 0.3) is 0 Å². The minimum absolute atomic E-state index is 0.256. The summed E-state index contributed by atoms with van der Waals surface area (Å²) in [6.45, 7) is 6.62. The molecule has 2 aromatic rings. The van der Waals surface area contributed by atoms with Gasteiger partial charge in [0, 0.05) is 31.9 Å². The van der Waals surface area contributed by atoms with Crippen LogP contribution in [0.15, 0.2) is 30.3 Å². The van der Waals surface area contributed by atoms with Crippen molar-refractivity contribution in [2.24, 2.45) is 7.05 Å². The summed E-state index contributed by atoms with van der Waals surface area (Å²) in [7, 11) is 2.90. The molecule has 33 heavy (non-hydrogen) atoms. The maximum absolute atomic E-state index is 12.6. The molecule has 0 radical (unpaired) electrons. The number of urea groups is 1. The van der Waals surface area contributed by atoms with Gasteiger partial charge in [0.1, 0.15) is 11.3 Å². The first-order valence-corrected chi connectivity index (χ1v) is 10.8. The van der Waals surface area contributed by atoms with Crippen molar-refractivity contribution in [2.75, 3.05) is 30.8 Å². The highest BCUT2D eigenvalue weighted by atomic mass is 16.6. The highest BCUT2D eigenvalue weighted by molar-refractivity contribution is 5.92. The second-order valence-electron chi connectivity index (χ2n) is 8.97. The molecule has 0 bridgehead atoms. The lowest BCUT2D eigenvalue weighted by molar-refractivity contribution is 0.0586. The van der Waals surface area contributed by atoms with Gasteiger partial charge in [0.2, 0.25) is 0 Å². The number of methoxy groups -OCH3 is 1. The Morgan fingerprint density at radius 3 is 2.42 bits per heavy atom. The number of ether oxygens (including phenoxy) is 2. The standard InChI is InChI=1S/C23H31N5O5/c1-23(2,3)33-22(31)24-17-8-6-7-16(13-17)15-9-11-28(12-10-15)21(30)25-19-14-18(20(29)32-5)27(4)26-19/h6-8,13-15H,9-12H2,1-5H3,(H,24,31)(H,25,26,30). The molecule has 1 aromatic carbocycles. The highest BCUT2D eigenvalue weighted by Crippen LogP contribution is 2.30. The van der Waals surface area contributed by atoms with Crippen LogP contribution in [0.5, 0.6) is 0 Å². The summed E-state index contributed by atoms with van der Waals surface area (Å²) in [5.74, 6) is 0.0517. The number of benzene rings is 1. The van der Waals surface area contributed by atoms with Crippen LogP contribution in [0.3, 0.4) is 0 Å². The maximum atomic E-state index is 12.6. The van der Waals surface area contributed by atoms with Crippen LogP contribution in [0, 0.1) is 0 Å². The molecule has 3 rings (SSSR count). The fourth-order valence-electron chi connectivity index (χ4n) is 3.72. The number of aromatic nitrogens is 2. The molecule has 10 heteroatoms. The van der Waals surface area contributed by atoms with Gasteiger partial charge in [-0.05, 0) is 57.2 Å². The third-order valence-corrected chi connectivity index (χ3v) is 5.29. The molecule has 2 N–H and O–H groups in total. The van der Waals surface area contributed by atoms with Crippen molar-refractivity contribution >= 4 is 29.6 Å². The van der Waals surface area contributed by atoms with E-state index in [1.54, 1.807) is 11.9 Å². The van der Waals surface area contributed by atoms with E-state index in [9.17, 15) is 14.4 Å². The number of piperidine rings is 1. The van der Waals surface area contributed by atoms with Crippen LogP contribution in [0.2, 0.25) is 0 Å². The molecular formula is C23H31N5O5. The molecule has 1 aliphatic heterocycles. The summed E-state index contributed by atoms with van der Waals surface area (Å²) in [5.41, 5.74) is 1.48. The van der Waals surface area contributed by atoms with E-state index in [4.69, 9.17) is 9.47 Å². The normalized spacial score (nSPS) is 14.5. The lowest BCUT2D eigenvalue weighted by Crippen LogP contribution is -2.40. The molecule has 10 nitrogen and oxygen atoms in total. The summed E-state index contributed by atoms with van der Waals surface area (Å²) in [6, 6.07) is 8.94. The van der Waals surface area contributed by atoms with Crippen molar-refractivity contribution in [3.63, 3.8) is 0 Å². The lowest BCUT2D eigenvalue weighted by atomic mass is 9.89. The quantitative estimate of drug-likeness (QED) is 0.672. The van der Waals surface area contributed by atoms with E-state index in [1.807, 2.05) is 45.0 Å². The molecule has 2 heterocycles. The van der Waals surface area contributed by atoms with Gasteiger partial charge in [0.15, 0.2) is 5.82 Å². The van der Waals surface area contributed by atoms with Crippen molar-refractivity contribution in [3.8, 4) is 0 Å². The molecule has 1 fully saturated rings. The van der Waals surface area contributed by atoms with Gasteiger partial charge < -0.3 is 14.4 Å². The lowest BCUT2D eigenvalue weighted by Gasteiger charge is -2.32. The van der Waals surface area contributed by atoms with Crippen LogP contribution in [-0.2, 0) is 16.5 Å². The summed E-state index contributed by atoms with van der Waals surface area (Å²) >= 11 is 0. The van der Waals surface area contributed by atoms with E-state index >= 15 is 0 Å². The number of aryl methyl sites for hydroxylation is 1. The number of esters is 1. The third kappa shape index (κ3) is 6.47. The summed E-state index contributed by atoms with van der Waals surface area (Å²) < 4.78 is 11.4. The first-order chi connectivity index (χ1) is 15.6. The van der Waals surface area contributed by atoms with Crippen molar-refractivity contribution < 1.29 is 23.9 Å². The number of nitrogens with one attached hydrogen (secondary N) is 2. The van der Waals surface area contributed by atoms with Gasteiger partial charge >= 0.3 is 18.1 Å². The number of rotatable bonds is 4. The first-order valence-electron chi connectivity index (χ1n) is 10.8. The Bertz CT molecular complexity index is 1020. The fraction of sp³-hybridized carbons (Fsp3) is 0.478. The molecule has 3 amide bonds. The SMILES string of the molecule is COC(=O)c1cc(NC(=O)N2CCC(c3cccc(NC(=O)OC(C)(C)C)c3)CC2)nn1C. The second kappa shape index (κ2) is 9.93. The zero-order chi connectivity index (χ0) is 24.2. The van der Waals surface area contributed by atoms with Crippen molar-refractivity contribution in [2.45, 2.75) is 45.1 Å². The molecular weight excluding hydrogens is 426 g/mol. The van der Waals surface area contributed by atoms with Crippen LogP contribution in [0.4, 0.5) is 21.1 Å². The number of nitrogens with zero attached hydrogens (tertiary/aromatic N) is 3. The number of hydrogen-bond acceptors (Lipinski definition) is 6. The van der Waals surface area contributed by atoms with E-state index in [1.165, 1.54) is 17.9 Å². The number of carbonyl (C=O) groups is 3. The van der Waals surface area contributed by atoms with Gasteiger partial charge in [-0.3, -0.25) is 15.3 Å². The average Bonchev–Trinajstić information content (AvgIpc) is 3.12. The van der Waals surface area contributed by atoms with E-state index in [-0.39, 0.29) is 17.6 Å². The molecule has 0 unspecified atom stereocenters. The minimum Gasteiger partial charge on any atom is -0.464 e. The van der Waals surface area contributed by atoms with Gasteiger partial charge in [-0.25, -0.2) is 14.4 Å². The van der Waals surface area contributed by atoms with Gasteiger partial charge in [0.05, 0.1) is 7.11 Å². The predicted molar refractivity (Wildman–Crippen MR) is 123 cm³/mol. The first kappa shape index (κ1) is 24.1. The van der Waals surface area contributed by atoms with Crippen molar-refractivity contribution in [1.82, 2.24) is 14.7 Å². The molecule has 0 atom stereocenters. The second-order valence-corrected chi connectivity index (χ2v) is 8.97. The Morgan fingerprint density at radius 1 is 1.09 bits per heavy atom. The predicted octanol–water partition coefficient (Wildman–Crippen LogP) is 3.97. The summed E-state index contributed by atoms with van der Waals surface area (Å²) in [5, 5.41) is 9.66. The number of hydrogen-bond donors (Lipinski definition) is 2. The molecule has 0 spiro atoms. The van der Waals surface area contributed by atoms with E-state index < -0.39 is 17.7 Å². The van der Waals surface area contributed by atoms with Crippen LogP contribution >= 0.6 is 0 Å². The van der Waals surface area contributed by atoms with Crippen molar-refractivity contribution in [3.05, 3.63) is 41.6 Å². The molecule has 178 valence electrons. The highest BCUT2D eigenvalue weighted by Gasteiger charge is 2.25. The Labute approximate surface area is 193 Å². The molecule has 1 aromatic heterocycles. The van der Waals surface area contributed by atoms with Gasteiger partial charge in [-0.15, -0.1) is 0 Å². The van der Waals surface area contributed by atoms with E-state index in [0.717, 1.165) is 18.4 Å². The average molecular weight is 458 g/mol. The molecule has 0 aliphatic carbocycles. The van der Waals surface area contributed by atoms with E-state index in [0.29, 0.717) is 24.6 Å². The van der Waals surface area contributed by atoms with Crippen LogP contribution in [0.1, 0.15) is 55.6 Å². The fourth-order valence-corrected chi connectivity index (χ4v) is 3.72. The molecule has 1 aliphatic rings. The Kier molecular flexibility index (Phi) is 7.25. The van der Waals surface area contributed by atoms with E-state index in [2.05, 4.69) is 15.7 Å². The monoisotopic (exact) mass is 457 g/mol. The van der Waals surface area contributed by atoms with Gasteiger partial charge in [-0.2, -0.15) is 5.10 Å². The Balaban J connectivity index is 1.55. The summed E-state index contributed by atoms with van der Waals surface area (Å²) in [4.78, 5) is 38.1. The molecule has 0 saturated carbocycles.